The second-order valence-corrected chi connectivity index (χ2v) is 6.09. The molecule has 0 radical (unpaired) electrons. The van der Waals surface area contributed by atoms with Crippen molar-refractivity contribution >= 4 is 8.80 Å². The van der Waals surface area contributed by atoms with Gasteiger partial charge in [0.05, 0.1) is 6.61 Å². The lowest BCUT2D eigenvalue weighted by molar-refractivity contribution is 0.0219. The summed E-state index contributed by atoms with van der Waals surface area (Å²) in [5.74, 6) is 0. The molecular formula is C10H22O4Si. The molecule has 5 heteroatoms. The Morgan fingerprint density at radius 2 is 1.67 bits per heavy atom. The van der Waals surface area contributed by atoms with Crippen molar-refractivity contribution in [3.05, 3.63) is 12.2 Å². The average Bonchev–Trinajstić information content (AvgIpc) is 2.29. The highest BCUT2D eigenvalue weighted by Gasteiger charge is 2.47. The van der Waals surface area contributed by atoms with Crippen LogP contribution in [-0.4, -0.2) is 42.5 Å². The first-order valence-corrected chi connectivity index (χ1v) is 6.89. The molecule has 0 aliphatic carbocycles. The third-order valence-corrected chi connectivity index (χ3v) is 5.32. The minimum atomic E-state index is -2.65. The standard InChI is InChI=1S/C10H22O4Si/c1-6-8-9-14-10(7-2)15(11-3,12-4)13-5/h6,8,10H,7,9H2,1-5H3. The highest BCUT2D eigenvalue weighted by atomic mass is 28.4. The second-order valence-electron chi connectivity index (χ2n) is 3.02. The van der Waals surface area contributed by atoms with Crippen LogP contribution in [0.2, 0.25) is 0 Å². The average molecular weight is 234 g/mol. The van der Waals surface area contributed by atoms with E-state index >= 15 is 0 Å². The minimum absolute atomic E-state index is 0.117. The lowest BCUT2D eigenvalue weighted by atomic mass is 10.5. The predicted octanol–water partition coefficient (Wildman–Crippen LogP) is 1.77. The van der Waals surface area contributed by atoms with Crippen LogP contribution in [0.15, 0.2) is 12.2 Å². The van der Waals surface area contributed by atoms with Crippen molar-refractivity contribution in [3.63, 3.8) is 0 Å². The summed E-state index contributed by atoms with van der Waals surface area (Å²) < 4.78 is 21.8. The number of allylic oxidation sites excluding steroid dienone is 1. The molecule has 0 spiro atoms. The topological polar surface area (TPSA) is 36.9 Å². The third-order valence-electron chi connectivity index (χ3n) is 2.25. The predicted molar refractivity (Wildman–Crippen MR) is 61.6 cm³/mol. The van der Waals surface area contributed by atoms with E-state index in [0.29, 0.717) is 6.61 Å². The van der Waals surface area contributed by atoms with Gasteiger partial charge in [-0.05, 0) is 13.3 Å². The summed E-state index contributed by atoms with van der Waals surface area (Å²) in [5.41, 5.74) is -0.117. The molecule has 0 aromatic rings. The molecule has 0 amide bonds. The monoisotopic (exact) mass is 234 g/mol. The normalized spacial score (nSPS) is 14.7. The molecule has 0 heterocycles. The summed E-state index contributed by atoms with van der Waals surface area (Å²) in [6, 6.07) is 0. The molecule has 0 bridgehead atoms. The van der Waals surface area contributed by atoms with Gasteiger partial charge in [-0.1, -0.05) is 19.1 Å². The number of rotatable bonds is 8. The van der Waals surface area contributed by atoms with Gasteiger partial charge in [0.2, 0.25) is 0 Å². The van der Waals surface area contributed by atoms with E-state index in [4.69, 9.17) is 18.0 Å². The van der Waals surface area contributed by atoms with Gasteiger partial charge < -0.3 is 18.0 Å². The SMILES string of the molecule is CC=CCOC(CC)[Si](OC)(OC)OC. The highest BCUT2D eigenvalue weighted by Crippen LogP contribution is 2.17. The Hall–Kier alpha value is -0.203. The summed E-state index contributed by atoms with van der Waals surface area (Å²) in [4.78, 5) is 0. The molecule has 0 rings (SSSR count). The molecule has 0 fully saturated rings. The second kappa shape index (κ2) is 8.01. The largest absolute Gasteiger partial charge is 0.530 e. The van der Waals surface area contributed by atoms with Crippen LogP contribution < -0.4 is 0 Å². The van der Waals surface area contributed by atoms with Gasteiger partial charge in [0.1, 0.15) is 5.73 Å². The van der Waals surface area contributed by atoms with Gasteiger partial charge in [0.25, 0.3) is 0 Å². The molecule has 0 aromatic carbocycles. The molecule has 0 N–H and O–H groups in total. The Balaban J connectivity index is 4.44. The Morgan fingerprint density at radius 3 is 2.00 bits per heavy atom. The molecule has 0 saturated carbocycles. The van der Waals surface area contributed by atoms with E-state index in [-0.39, 0.29) is 5.73 Å². The third kappa shape index (κ3) is 4.04. The van der Waals surface area contributed by atoms with Gasteiger partial charge in [-0.2, -0.15) is 0 Å². The highest BCUT2D eigenvalue weighted by molar-refractivity contribution is 6.62. The maximum absolute atomic E-state index is 5.67. The summed E-state index contributed by atoms with van der Waals surface area (Å²) in [7, 11) is 2.14. The van der Waals surface area contributed by atoms with E-state index in [1.54, 1.807) is 21.3 Å². The summed E-state index contributed by atoms with van der Waals surface area (Å²) >= 11 is 0. The van der Waals surface area contributed by atoms with E-state index in [0.717, 1.165) is 6.42 Å². The van der Waals surface area contributed by atoms with Crippen molar-refractivity contribution in [1.82, 2.24) is 0 Å². The van der Waals surface area contributed by atoms with Crippen molar-refractivity contribution < 1.29 is 18.0 Å². The number of hydrogen-bond acceptors (Lipinski definition) is 4. The van der Waals surface area contributed by atoms with Crippen LogP contribution in [0.1, 0.15) is 20.3 Å². The molecule has 0 aliphatic rings. The summed E-state index contributed by atoms with van der Waals surface area (Å²) in [6.45, 7) is 4.54. The van der Waals surface area contributed by atoms with Crippen molar-refractivity contribution in [3.8, 4) is 0 Å². The maximum Gasteiger partial charge on any atom is 0.530 e. The van der Waals surface area contributed by atoms with Crippen LogP contribution in [-0.2, 0) is 18.0 Å². The molecule has 1 unspecified atom stereocenters. The van der Waals surface area contributed by atoms with E-state index in [9.17, 15) is 0 Å². The van der Waals surface area contributed by atoms with Gasteiger partial charge in [-0.3, -0.25) is 0 Å². The Bertz CT molecular complexity index is 172. The summed E-state index contributed by atoms with van der Waals surface area (Å²) in [5, 5.41) is 0. The van der Waals surface area contributed by atoms with Crippen LogP contribution in [0.4, 0.5) is 0 Å². The lowest BCUT2D eigenvalue weighted by Crippen LogP contribution is -2.55. The van der Waals surface area contributed by atoms with Crippen molar-refractivity contribution in [2.24, 2.45) is 0 Å². The Labute approximate surface area is 93.5 Å². The summed E-state index contributed by atoms with van der Waals surface area (Å²) in [6.07, 6.45) is 4.70. The smallest absolute Gasteiger partial charge is 0.375 e. The fraction of sp³-hybridized carbons (Fsp3) is 0.800. The van der Waals surface area contributed by atoms with Crippen LogP contribution in [0.5, 0.6) is 0 Å². The number of hydrogen-bond donors (Lipinski definition) is 0. The first-order chi connectivity index (χ1) is 7.20. The van der Waals surface area contributed by atoms with Gasteiger partial charge in [-0.15, -0.1) is 0 Å². The Morgan fingerprint density at radius 1 is 1.13 bits per heavy atom. The van der Waals surface area contributed by atoms with Crippen molar-refractivity contribution in [2.75, 3.05) is 27.9 Å². The lowest BCUT2D eigenvalue weighted by Gasteiger charge is -2.31. The molecule has 0 saturated heterocycles. The Kier molecular flexibility index (Phi) is 7.90. The quantitative estimate of drug-likeness (QED) is 0.474. The first-order valence-electron chi connectivity index (χ1n) is 5.08. The fourth-order valence-corrected chi connectivity index (χ4v) is 3.47. The van der Waals surface area contributed by atoms with Crippen molar-refractivity contribution in [2.45, 2.75) is 26.0 Å². The van der Waals surface area contributed by atoms with Crippen LogP contribution in [0.3, 0.4) is 0 Å². The van der Waals surface area contributed by atoms with Gasteiger partial charge in [0.15, 0.2) is 0 Å². The molecule has 4 nitrogen and oxygen atoms in total. The fourth-order valence-electron chi connectivity index (χ4n) is 1.38. The number of ether oxygens (including phenoxy) is 1. The molecule has 15 heavy (non-hydrogen) atoms. The van der Waals surface area contributed by atoms with Gasteiger partial charge >= 0.3 is 8.80 Å². The van der Waals surface area contributed by atoms with Gasteiger partial charge in [0, 0.05) is 21.3 Å². The maximum atomic E-state index is 5.67. The minimum Gasteiger partial charge on any atom is -0.375 e. The molecule has 90 valence electrons. The van der Waals surface area contributed by atoms with Crippen LogP contribution in [0, 0.1) is 0 Å². The zero-order chi connectivity index (χ0) is 11.7. The molecule has 1 atom stereocenters. The zero-order valence-corrected chi connectivity index (χ0v) is 11.3. The first kappa shape index (κ1) is 14.8. The molecule has 0 aromatic heterocycles. The van der Waals surface area contributed by atoms with E-state index in [1.165, 1.54) is 0 Å². The van der Waals surface area contributed by atoms with Crippen LogP contribution >= 0.6 is 0 Å². The van der Waals surface area contributed by atoms with E-state index in [2.05, 4.69) is 0 Å². The zero-order valence-electron chi connectivity index (χ0n) is 10.3. The van der Waals surface area contributed by atoms with E-state index in [1.807, 2.05) is 26.0 Å². The van der Waals surface area contributed by atoms with E-state index < -0.39 is 8.80 Å². The van der Waals surface area contributed by atoms with Gasteiger partial charge in [-0.25, -0.2) is 0 Å². The molecular weight excluding hydrogens is 212 g/mol. The molecule has 0 aliphatic heterocycles. The van der Waals surface area contributed by atoms with Crippen molar-refractivity contribution in [1.29, 1.82) is 0 Å². The van der Waals surface area contributed by atoms with Crippen LogP contribution in [0.25, 0.3) is 0 Å².